The van der Waals surface area contributed by atoms with Gasteiger partial charge in [-0.3, -0.25) is 0 Å². The predicted octanol–water partition coefficient (Wildman–Crippen LogP) is 7.69. The van der Waals surface area contributed by atoms with Gasteiger partial charge in [0.25, 0.3) is 0 Å². The molecule has 152 valence electrons. The lowest BCUT2D eigenvalue weighted by molar-refractivity contribution is 0.0731. The summed E-state index contributed by atoms with van der Waals surface area (Å²) in [7, 11) is 0. The van der Waals surface area contributed by atoms with Gasteiger partial charge in [0, 0.05) is 10.0 Å². The zero-order valence-electron chi connectivity index (χ0n) is 17.0. The van der Waals surface area contributed by atoms with Crippen LogP contribution in [-0.4, -0.2) is 12.6 Å². The van der Waals surface area contributed by atoms with Gasteiger partial charge in [0.1, 0.15) is 11.5 Å². The van der Waals surface area contributed by atoms with E-state index in [1.54, 1.807) is 12.1 Å². The maximum Gasteiger partial charge on any atom is 0.343 e. The van der Waals surface area contributed by atoms with E-state index < -0.39 is 0 Å². The second-order valence-electron chi connectivity index (χ2n) is 7.83. The maximum atomic E-state index is 12.7. The lowest BCUT2D eigenvalue weighted by Crippen LogP contribution is -2.16. The molecule has 0 aliphatic rings. The van der Waals surface area contributed by atoms with Crippen LogP contribution >= 0.6 is 31.9 Å². The first kappa shape index (κ1) is 23.0. The van der Waals surface area contributed by atoms with Gasteiger partial charge in [-0.15, -0.1) is 0 Å². The van der Waals surface area contributed by atoms with E-state index in [0.29, 0.717) is 17.9 Å². The van der Waals surface area contributed by atoms with Crippen molar-refractivity contribution in [1.29, 1.82) is 0 Å². The molecule has 0 atom stereocenters. The molecule has 2 rings (SSSR count). The highest BCUT2D eigenvalue weighted by Crippen LogP contribution is 2.34. The van der Waals surface area contributed by atoms with Crippen LogP contribution in [0.2, 0.25) is 0 Å². The molecule has 0 spiro atoms. The van der Waals surface area contributed by atoms with E-state index in [1.807, 2.05) is 24.3 Å². The molecule has 0 bridgehead atoms. The van der Waals surface area contributed by atoms with Crippen molar-refractivity contribution in [2.24, 2.45) is 0 Å². The lowest BCUT2D eigenvalue weighted by Gasteiger charge is -2.22. The molecule has 0 amide bonds. The van der Waals surface area contributed by atoms with Crippen molar-refractivity contribution in [3.63, 3.8) is 0 Å². The topological polar surface area (TPSA) is 35.5 Å². The number of hydrogen-bond acceptors (Lipinski definition) is 3. The second kappa shape index (κ2) is 10.4. The summed E-state index contributed by atoms with van der Waals surface area (Å²) in [5.74, 6) is 0.933. The minimum Gasteiger partial charge on any atom is -0.492 e. The molecule has 0 radical (unpaired) electrons. The fourth-order valence-electron chi connectivity index (χ4n) is 2.79. The number of ether oxygens (including phenoxy) is 2. The fraction of sp³-hybridized carbons (Fsp3) is 0.435. The average Bonchev–Trinajstić information content (AvgIpc) is 2.63. The van der Waals surface area contributed by atoms with Crippen LogP contribution in [-0.2, 0) is 5.41 Å². The second-order valence-corrected chi connectivity index (χ2v) is 9.60. The summed E-state index contributed by atoms with van der Waals surface area (Å²) in [4.78, 5) is 12.7. The Morgan fingerprint density at radius 3 is 2.32 bits per heavy atom. The van der Waals surface area contributed by atoms with Crippen LogP contribution in [0.1, 0.15) is 69.3 Å². The molecule has 0 heterocycles. The Labute approximate surface area is 185 Å². The summed E-state index contributed by atoms with van der Waals surface area (Å²) < 4.78 is 13.2. The molecule has 28 heavy (non-hydrogen) atoms. The summed E-state index contributed by atoms with van der Waals surface area (Å²) in [6.07, 6.45) is 4.63. The van der Waals surface area contributed by atoms with E-state index in [1.165, 1.54) is 19.3 Å². The quantitative estimate of drug-likeness (QED) is 0.207. The summed E-state index contributed by atoms with van der Waals surface area (Å²) in [5, 5.41) is 0. The third kappa shape index (κ3) is 6.63. The molecular formula is C23H28Br2O3. The Kier molecular flexibility index (Phi) is 8.56. The van der Waals surface area contributed by atoms with Gasteiger partial charge in [0.15, 0.2) is 0 Å². The Hall–Kier alpha value is -1.33. The van der Waals surface area contributed by atoms with Crippen LogP contribution in [0, 0.1) is 0 Å². The van der Waals surface area contributed by atoms with Crippen molar-refractivity contribution in [2.45, 2.75) is 58.8 Å². The van der Waals surface area contributed by atoms with Crippen molar-refractivity contribution in [3.05, 3.63) is 56.5 Å². The summed E-state index contributed by atoms with van der Waals surface area (Å²) in [6.45, 7) is 9.14. The van der Waals surface area contributed by atoms with Gasteiger partial charge >= 0.3 is 5.97 Å². The number of rotatable bonds is 8. The van der Waals surface area contributed by atoms with E-state index >= 15 is 0 Å². The largest absolute Gasteiger partial charge is 0.492 e. The average molecular weight is 512 g/mol. The standard InChI is InChI=1S/C23H28Br2O3/c1-5-6-7-8-13-27-21-11-9-16(14-19(21)25)22(26)28-20-12-10-17(24)15-18(20)23(2,3)4/h9-12,14-15H,5-8,13H2,1-4H3. The van der Waals surface area contributed by atoms with Crippen LogP contribution in [0.15, 0.2) is 45.3 Å². The zero-order chi connectivity index (χ0) is 20.7. The zero-order valence-corrected chi connectivity index (χ0v) is 20.2. The first-order chi connectivity index (χ1) is 13.2. The third-order valence-corrected chi connectivity index (χ3v) is 5.49. The third-order valence-electron chi connectivity index (χ3n) is 4.38. The number of unbranched alkanes of at least 4 members (excludes halogenated alkanes) is 3. The molecule has 0 fully saturated rings. The summed E-state index contributed by atoms with van der Waals surface area (Å²) in [5.41, 5.74) is 1.31. The van der Waals surface area contributed by atoms with E-state index in [2.05, 4.69) is 59.6 Å². The van der Waals surface area contributed by atoms with E-state index in [4.69, 9.17) is 9.47 Å². The molecule has 2 aromatic carbocycles. The van der Waals surface area contributed by atoms with Gasteiger partial charge in [-0.05, 0) is 64.2 Å². The first-order valence-corrected chi connectivity index (χ1v) is 11.3. The van der Waals surface area contributed by atoms with Crippen LogP contribution in [0.25, 0.3) is 0 Å². The van der Waals surface area contributed by atoms with E-state index in [0.717, 1.165) is 26.7 Å². The SMILES string of the molecule is CCCCCCOc1ccc(C(=O)Oc2ccc(Br)cc2C(C)(C)C)cc1Br. The number of carbonyl (C=O) groups excluding carboxylic acids is 1. The molecule has 0 saturated carbocycles. The van der Waals surface area contributed by atoms with Crippen LogP contribution in [0.5, 0.6) is 11.5 Å². The van der Waals surface area contributed by atoms with Crippen molar-refractivity contribution in [3.8, 4) is 11.5 Å². The van der Waals surface area contributed by atoms with Gasteiger partial charge in [0.2, 0.25) is 0 Å². The van der Waals surface area contributed by atoms with E-state index in [9.17, 15) is 4.79 Å². The Morgan fingerprint density at radius 1 is 0.964 bits per heavy atom. The molecule has 2 aromatic rings. The minimum atomic E-state index is -0.386. The highest BCUT2D eigenvalue weighted by molar-refractivity contribution is 9.10. The van der Waals surface area contributed by atoms with Crippen LogP contribution in [0.4, 0.5) is 0 Å². The molecule has 0 aliphatic carbocycles. The number of halogens is 2. The monoisotopic (exact) mass is 510 g/mol. The predicted molar refractivity (Wildman–Crippen MR) is 122 cm³/mol. The number of benzene rings is 2. The van der Waals surface area contributed by atoms with Crippen molar-refractivity contribution >= 4 is 37.8 Å². The molecule has 3 nitrogen and oxygen atoms in total. The van der Waals surface area contributed by atoms with Gasteiger partial charge in [-0.25, -0.2) is 4.79 Å². The Bertz CT molecular complexity index is 810. The molecule has 0 saturated heterocycles. The molecular weight excluding hydrogens is 484 g/mol. The van der Waals surface area contributed by atoms with Gasteiger partial charge in [0.05, 0.1) is 16.6 Å². The molecule has 0 aromatic heterocycles. The number of esters is 1. The van der Waals surface area contributed by atoms with Gasteiger partial charge in [-0.2, -0.15) is 0 Å². The molecule has 5 heteroatoms. The molecule has 0 unspecified atom stereocenters. The Morgan fingerprint density at radius 2 is 1.68 bits per heavy atom. The fourth-order valence-corrected chi connectivity index (χ4v) is 3.65. The number of carbonyl (C=O) groups is 1. The van der Waals surface area contributed by atoms with Crippen molar-refractivity contribution in [2.75, 3.05) is 6.61 Å². The normalized spacial score (nSPS) is 11.4. The first-order valence-electron chi connectivity index (χ1n) is 9.67. The summed E-state index contributed by atoms with van der Waals surface area (Å²) >= 11 is 6.99. The van der Waals surface area contributed by atoms with Gasteiger partial charge < -0.3 is 9.47 Å². The lowest BCUT2D eigenvalue weighted by atomic mass is 9.86. The van der Waals surface area contributed by atoms with Crippen molar-refractivity contribution < 1.29 is 14.3 Å². The van der Waals surface area contributed by atoms with Crippen molar-refractivity contribution in [1.82, 2.24) is 0 Å². The number of hydrogen-bond donors (Lipinski definition) is 0. The summed E-state index contributed by atoms with van der Waals surface area (Å²) in [6, 6.07) is 11.0. The maximum absolute atomic E-state index is 12.7. The minimum absolute atomic E-state index is 0.143. The van der Waals surface area contributed by atoms with E-state index in [-0.39, 0.29) is 11.4 Å². The van der Waals surface area contributed by atoms with Crippen LogP contribution < -0.4 is 9.47 Å². The Balaban J connectivity index is 2.08. The highest BCUT2D eigenvalue weighted by Gasteiger charge is 2.22. The van der Waals surface area contributed by atoms with Gasteiger partial charge in [-0.1, -0.05) is 62.9 Å². The molecule has 0 N–H and O–H groups in total. The highest BCUT2D eigenvalue weighted by atomic mass is 79.9. The molecule has 0 aliphatic heterocycles. The smallest absolute Gasteiger partial charge is 0.343 e. The van der Waals surface area contributed by atoms with Crippen LogP contribution in [0.3, 0.4) is 0 Å².